The molecule has 176 valence electrons. The van der Waals surface area contributed by atoms with Crippen LogP contribution in [0.15, 0.2) is 48.7 Å². The Labute approximate surface area is 199 Å². The zero-order valence-corrected chi connectivity index (χ0v) is 19.4. The molecule has 3 aliphatic heterocycles. The Balaban J connectivity index is 1.15. The first-order valence-electron chi connectivity index (χ1n) is 12.3. The van der Waals surface area contributed by atoms with Gasteiger partial charge in [-0.25, -0.2) is 4.98 Å². The molecule has 34 heavy (non-hydrogen) atoms. The molecule has 0 radical (unpaired) electrons. The second kappa shape index (κ2) is 9.14. The van der Waals surface area contributed by atoms with Crippen molar-refractivity contribution in [2.45, 2.75) is 25.8 Å². The Morgan fingerprint density at radius 1 is 0.853 bits per heavy atom. The van der Waals surface area contributed by atoms with Crippen molar-refractivity contribution in [1.29, 1.82) is 0 Å². The summed E-state index contributed by atoms with van der Waals surface area (Å²) in [6.07, 6.45) is 5.49. The number of pyridine rings is 1. The minimum atomic E-state index is 0.0802. The smallest absolute Gasteiger partial charge is 0.256 e. The number of benzene rings is 2. The average Bonchev–Trinajstić information content (AvgIpc) is 3.37. The lowest BCUT2D eigenvalue weighted by Gasteiger charge is -2.35. The number of piperidine rings is 1. The first-order chi connectivity index (χ1) is 16.8. The highest BCUT2D eigenvalue weighted by molar-refractivity contribution is 6.09. The Morgan fingerprint density at radius 3 is 2.44 bits per heavy atom. The molecular weight excluding hydrogens is 428 g/mol. The van der Waals surface area contributed by atoms with E-state index < -0.39 is 0 Å². The molecule has 2 fully saturated rings. The first-order valence-corrected chi connectivity index (χ1v) is 12.3. The summed E-state index contributed by atoms with van der Waals surface area (Å²) in [5.41, 5.74) is 1.91. The van der Waals surface area contributed by atoms with Gasteiger partial charge in [0.2, 0.25) is 6.79 Å². The van der Waals surface area contributed by atoms with Crippen LogP contribution in [0.2, 0.25) is 0 Å². The van der Waals surface area contributed by atoms with E-state index in [9.17, 15) is 4.79 Å². The Bertz CT molecular complexity index is 1200. The lowest BCUT2D eigenvalue weighted by molar-refractivity contribution is 0.0630. The molecule has 2 aromatic carbocycles. The molecule has 6 rings (SSSR count). The molecule has 2 saturated heterocycles. The summed E-state index contributed by atoms with van der Waals surface area (Å²) in [4.78, 5) is 25.0. The quantitative estimate of drug-likeness (QED) is 0.591. The van der Waals surface area contributed by atoms with Crippen LogP contribution in [0.4, 0.5) is 5.82 Å². The maximum atomic E-state index is 13.5. The van der Waals surface area contributed by atoms with E-state index in [2.05, 4.69) is 34.1 Å². The van der Waals surface area contributed by atoms with Crippen molar-refractivity contribution in [2.24, 2.45) is 0 Å². The number of piperazine rings is 1. The van der Waals surface area contributed by atoms with Gasteiger partial charge in [-0.15, -0.1) is 0 Å². The zero-order chi connectivity index (χ0) is 22.9. The van der Waals surface area contributed by atoms with Crippen LogP contribution in [0.3, 0.4) is 0 Å². The van der Waals surface area contributed by atoms with Crippen molar-refractivity contribution >= 4 is 22.5 Å². The van der Waals surface area contributed by atoms with Crippen LogP contribution in [-0.2, 0) is 6.54 Å². The number of hydrogen-bond donors (Lipinski definition) is 0. The molecule has 0 saturated carbocycles. The third-order valence-electron chi connectivity index (χ3n) is 7.16. The molecule has 0 aliphatic carbocycles. The van der Waals surface area contributed by atoms with Crippen LogP contribution in [0.5, 0.6) is 11.5 Å². The number of carbonyl (C=O) groups excluding carboxylic acids is 1. The summed E-state index contributed by atoms with van der Waals surface area (Å²) >= 11 is 0. The highest BCUT2D eigenvalue weighted by Crippen LogP contribution is 2.33. The van der Waals surface area contributed by atoms with Gasteiger partial charge < -0.3 is 19.3 Å². The van der Waals surface area contributed by atoms with Gasteiger partial charge in [0, 0.05) is 57.4 Å². The monoisotopic (exact) mass is 458 g/mol. The van der Waals surface area contributed by atoms with Crippen molar-refractivity contribution in [2.75, 3.05) is 51.0 Å². The van der Waals surface area contributed by atoms with Crippen molar-refractivity contribution in [3.8, 4) is 11.5 Å². The van der Waals surface area contributed by atoms with Crippen LogP contribution >= 0.6 is 0 Å². The molecule has 1 aromatic heterocycles. The van der Waals surface area contributed by atoms with Crippen molar-refractivity contribution in [1.82, 2.24) is 14.8 Å². The molecule has 7 heteroatoms. The third-order valence-corrected chi connectivity index (χ3v) is 7.16. The number of rotatable bonds is 4. The van der Waals surface area contributed by atoms with Gasteiger partial charge in [-0.1, -0.05) is 30.3 Å². The van der Waals surface area contributed by atoms with Crippen LogP contribution in [0.25, 0.3) is 10.8 Å². The molecule has 0 N–H and O–H groups in total. The maximum Gasteiger partial charge on any atom is 0.256 e. The Kier molecular flexibility index (Phi) is 5.71. The standard InChI is InChI=1S/C27H30N4O3/c32-27(23-17-28-26(30-10-4-1-5-11-30)22-7-3-2-6-21(22)23)31-14-12-29(13-15-31)18-20-8-9-24-25(16-20)34-19-33-24/h2-3,6-9,16-17H,1,4-5,10-15,18-19H2. The summed E-state index contributed by atoms with van der Waals surface area (Å²) in [5, 5.41) is 2.09. The van der Waals surface area contributed by atoms with Gasteiger partial charge in [-0.2, -0.15) is 0 Å². The molecule has 3 aliphatic rings. The SMILES string of the molecule is O=C(c1cnc(N2CCCCC2)c2ccccc12)N1CCN(Cc2ccc3c(c2)OCO3)CC1. The molecule has 0 atom stereocenters. The van der Waals surface area contributed by atoms with Gasteiger partial charge in [0.05, 0.1) is 5.56 Å². The van der Waals surface area contributed by atoms with Gasteiger partial charge in [0.15, 0.2) is 11.5 Å². The molecule has 0 spiro atoms. The lowest BCUT2D eigenvalue weighted by atomic mass is 10.0. The van der Waals surface area contributed by atoms with E-state index >= 15 is 0 Å². The summed E-state index contributed by atoms with van der Waals surface area (Å²) in [7, 11) is 0. The third kappa shape index (κ3) is 4.05. The number of carbonyl (C=O) groups is 1. The normalized spacial score (nSPS) is 18.5. The number of aromatic nitrogens is 1. The number of nitrogens with zero attached hydrogens (tertiary/aromatic N) is 4. The molecule has 0 unspecified atom stereocenters. The second-order valence-electron chi connectivity index (χ2n) is 9.34. The van der Waals surface area contributed by atoms with Crippen LogP contribution in [0, 0.1) is 0 Å². The van der Waals surface area contributed by atoms with E-state index in [1.54, 1.807) is 6.20 Å². The minimum absolute atomic E-state index is 0.0802. The van der Waals surface area contributed by atoms with E-state index in [4.69, 9.17) is 14.5 Å². The van der Waals surface area contributed by atoms with Gasteiger partial charge >= 0.3 is 0 Å². The van der Waals surface area contributed by atoms with Crippen molar-refractivity contribution in [3.63, 3.8) is 0 Å². The van der Waals surface area contributed by atoms with E-state index in [0.29, 0.717) is 25.4 Å². The highest BCUT2D eigenvalue weighted by Gasteiger charge is 2.25. The fourth-order valence-electron chi connectivity index (χ4n) is 5.28. The molecule has 3 aromatic rings. The summed E-state index contributed by atoms with van der Waals surface area (Å²) in [6.45, 7) is 6.33. The van der Waals surface area contributed by atoms with Crippen molar-refractivity contribution < 1.29 is 14.3 Å². The predicted molar refractivity (Wildman–Crippen MR) is 132 cm³/mol. The van der Waals surface area contributed by atoms with Gasteiger partial charge in [0.25, 0.3) is 5.91 Å². The van der Waals surface area contributed by atoms with Crippen LogP contribution < -0.4 is 14.4 Å². The summed E-state index contributed by atoms with van der Waals surface area (Å²) in [6, 6.07) is 14.3. The fourth-order valence-corrected chi connectivity index (χ4v) is 5.28. The van der Waals surface area contributed by atoms with Gasteiger partial charge in [-0.3, -0.25) is 9.69 Å². The second-order valence-corrected chi connectivity index (χ2v) is 9.34. The number of anilines is 1. The Hall–Kier alpha value is -3.32. The lowest BCUT2D eigenvalue weighted by Crippen LogP contribution is -2.48. The van der Waals surface area contributed by atoms with Crippen molar-refractivity contribution in [3.05, 3.63) is 59.8 Å². The number of amides is 1. The van der Waals surface area contributed by atoms with E-state index in [0.717, 1.165) is 60.8 Å². The average molecular weight is 459 g/mol. The summed E-state index contributed by atoms with van der Waals surface area (Å²) < 4.78 is 10.9. The molecule has 0 bridgehead atoms. The van der Waals surface area contributed by atoms with Crippen LogP contribution in [-0.4, -0.2) is 66.8 Å². The zero-order valence-electron chi connectivity index (χ0n) is 19.4. The topological polar surface area (TPSA) is 58.1 Å². The van der Waals surface area contributed by atoms with E-state index in [1.807, 2.05) is 23.1 Å². The van der Waals surface area contributed by atoms with E-state index in [1.165, 1.54) is 24.8 Å². The van der Waals surface area contributed by atoms with Crippen LogP contribution in [0.1, 0.15) is 35.2 Å². The summed E-state index contributed by atoms with van der Waals surface area (Å²) in [5.74, 6) is 2.72. The Morgan fingerprint density at radius 2 is 1.62 bits per heavy atom. The number of fused-ring (bicyclic) bond motifs is 2. The number of ether oxygens (including phenoxy) is 2. The molecule has 1 amide bonds. The maximum absolute atomic E-state index is 13.5. The first kappa shape index (κ1) is 21.2. The number of hydrogen-bond acceptors (Lipinski definition) is 6. The largest absolute Gasteiger partial charge is 0.454 e. The van der Waals surface area contributed by atoms with Gasteiger partial charge in [0.1, 0.15) is 5.82 Å². The molecule has 7 nitrogen and oxygen atoms in total. The molecular formula is C27H30N4O3. The van der Waals surface area contributed by atoms with E-state index in [-0.39, 0.29) is 5.91 Å². The highest BCUT2D eigenvalue weighted by atomic mass is 16.7. The minimum Gasteiger partial charge on any atom is -0.454 e. The predicted octanol–water partition coefficient (Wildman–Crippen LogP) is 3.91. The fraction of sp³-hybridized carbons (Fsp3) is 0.407. The van der Waals surface area contributed by atoms with Gasteiger partial charge in [-0.05, 0) is 42.3 Å². The molecule has 4 heterocycles.